The van der Waals surface area contributed by atoms with Gasteiger partial charge in [0.1, 0.15) is 0 Å². The van der Waals surface area contributed by atoms with Gasteiger partial charge in [0.25, 0.3) is 5.79 Å². The lowest BCUT2D eigenvalue weighted by Gasteiger charge is -2.31. The van der Waals surface area contributed by atoms with Crippen LogP contribution in [0.3, 0.4) is 0 Å². The van der Waals surface area contributed by atoms with E-state index in [2.05, 4.69) is 0 Å². The minimum absolute atomic E-state index is 0.0163. The highest BCUT2D eigenvalue weighted by molar-refractivity contribution is 8.09. The molecule has 30 heavy (non-hydrogen) atoms. The Bertz CT molecular complexity index is 1150. The molecule has 0 bridgehead atoms. The topological polar surface area (TPSA) is 86.7 Å². The molecule has 0 amide bonds. The van der Waals surface area contributed by atoms with Gasteiger partial charge in [0.2, 0.25) is 9.84 Å². The Morgan fingerprint density at radius 2 is 1.10 bits per heavy atom. The molecule has 7 heteroatoms. The Hall–Kier alpha value is -3.45. The number of carbonyl (C=O) groups is 2. The summed E-state index contributed by atoms with van der Waals surface area (Å²) in [7, 11) is -3.92. The summed E-state index contributed by atoms with van der Waals surface area (Å²) in [6.07, 6.45) is 2.63. The van der Waals surface area contributed by atoms with Gasteiger partial charge in [0.05, 0.1) is 9.81 Å². The van der Waals surface area contributed by atoms with E-state index in [9.17, 15) is 18.0 Å². The van der Waals surface area contributed by atoms with Gasteiger partial charge in [-0.25, -0.2) is 18.0 Å². The molecular formula is C23H18O6S. The lowest BCUT2D eigenvalue weighted by Crippen LogP contribution is -2.42. The van der Waals surface area contributed by atoms with Crippen molar-refractivity contribution in [1.29, 1.82) is 0 Å². The number of allylic oxidation sites excluding steroid dienone is 3. The number of cyclic esters (lactones) is 2. The molecule has 4 rings (SSSR count). The van der Waals surface area contributed by atoms with Crippen LogP contribution in [0.25, 0.3) is 9.81 Å². The minimum atomic E-state index is -3.92. The van der Waals surface area contributed by atoms with E-state index in [1.54, 1.807) is 60.7 Å². The zero-order chi connectivity index (χ0) is 21.5. The summed E-state index contributed by atoms with van der Waals surface area (Å²) in [4.78, 5) is 25.1. The Kier molecular flexibility index (Phi) is 4.70. The highest BCUT2D eigenvalue weighted by Gasteiger charge is 2.41. The number of benzene rings is 2. The van der Waals surface area contributed by atoms with Gasteiger partial charge in [-0.05, 0) is 28.9 Å². The molecule has 0 radical (unpaired) electrons. The second-order valence-corrected chi connectivity index (χ2v) is 9.15. The molecule has 1 fully saturated rings. The minimum Gasteiger partial charge on any atom is -0.419 e. The maximum Gasteiger partial charge on any atom is 0.349 e. The number of carbonyl (C=O) groups excluding carboxylic acids is 2. The standard InChI is InChI=1S/C23H18O6S/c1-23(2)28-21(24)20(22(25)29-23)17-13-18(15-9-5-3-6-10-15)30(26,27)19(14-17)16-11-7-4-8-12-16/h3-14H,1-2H3. The van der Waals surface area contributed by atoms with Crippen molar-refractivity contribution < 1.29 is 27.5 Å². The van der Waals surface area contributed by atoms with E-state index < -0.39 is 27.6 Å². The fourth-order valence-electron chi connectivity index (χ4n) is 3.31. The van der Waals surface area contributed by atoms with Crippen LogP contribution in [0.5, 0.6) is 0 Å². The maximum absolute atomic E-state index is 13.4. The molecule has 0 unspecified atom stereocenters. The molecule has 2 aliphatic rings. The zero-order valence-corrected chi connectivity index (χ0v) is 17.1. The van der Waals surface area contributed by atoms with Crippen LogP contribution in [0.1, 0.15) is 25.0 Å². The van der Waals surface area contributed by atoms with Crippen LogP contribution in [0.4, 0.5) is 0 Å². The van der Waals surface area contributed by atoms with E-state index in [1.165, 1.54) is 26.0 Å². The van der Waals surface area contributed by atoms with Gasteiger partial charge >= 0.3 is 11.9 Å². The number of rotatable bonds is 2. The van der Waals surface area contributed by atoms with Crippen LogP contribution < -0.4 is 0 Å². The van der Waals surface area contributed by atoms with Gasteiger partial charge in [-0.1, -0.05) is 60.7 Å². The van der Waals surface area contributed by atoms with Crippen LogP contribution in [-0.2, 0) is 28.9 Å². The molecule has 2 aromatic rings. The quantitative estimate of drug-likeness (QED) is 0.417. The van der Waals surface area contributed by atoms with Crippen molar-refractivity contribution in [3.8, 4) is 0 Å². The fourth-order valence-corrected chi connectivity index (χ4v) is 5.01. The molecule has 0 aliphatic carbocycles. The normalized spacial score (nSPS) is 20.1. The van der Waals surface area contributed by atoms with Crippen LogP contribution in [0.2, 0.25) is 0 Å². The van der Waals surface area contributed by atoms with E-state index in [1.807, 2.05) is 0 Å². The van der Waals surface area contributed by atoms with Crippen LogP contribution in [0.15, 0.2) is 84.0 Å². The second kappa shape index (κ2) is 7.11. The average molecular weight is 422 g/mol. The van der Waals surface area contributed by atoms with Crippen molar-refractivity contribution >= 4 is 31.6 Å². The molecule has 2 aromatic carbocycles. The molecule has 2 aliphatic heterocycles. The number of hydrogen-bond donors (Lipinski definition) is 0. The van der Waals surface area contributed by atoms with Gasteiger partial charge in [0, 0.05) is 13.8 Å². The fraction of sp³-hybridized carbons (Fsp3) is 0.130. The first kappa shape index (κ1) is 19.8. The van der Waals surface area contributed by atoms with Crippen molar-refractivity contribution in [2.75, 3.05) is 0 Å². The summed E-state index contributed by atoms with van der Waals surface area (Å²) in [6, 6.07) is 17.0. The van der Waals surface area contributed by atoms with Crippen LogP contribution in [0, 0.1) is 0 Å². The van der Waals surface area contributed by atoms with E-state index in [0.717, 1.165) is 0 Å². The third kappa shape index (κ3) is 3.48. The van der Waals surface area contributed by atoms with Gasteiger partial charge in [-0.15, -0.1) is 0 Å². The van der Waals surface area contributed by atoms with Crippen molar-refractivity contribution in [3.63, 3.8) is 0 Å². The Balaban J connectivity index is 1.99. The Morgan fingerprint density at radius 3 is 1.50 bits per heavy atom. The van der Waals surface area contributed by atoms with Crippen molar-refractivity contribution in [2.24, 2.45) is 0 Å². The molecular weight excluding hydrogens is 404 g/mol. The number of hydrogen-bond acceptors (Lipinski definition) is 6. The van der Waals surface area contributed by atoms with Crippen LogP contribution in [-0.4, -0.2) is 26.1 Å². The number of esters is 2. The summed E-state index contributed by atoms with van der Waals surface area (Å²) in [5, 5.41) is 0. The van der Waals surface area contributed by atoms with Gasteiger partial charge in [-0.3, -0.25) is 0 Å². The lowest BCUT2D eigenvalue weighted by molar-refractivity contribution is -0.222. The Labute approximate surface area is 174 Å². The van der Waals surface area contributed by atoms with Gasteiger partial charge < -0.3 is 9.47 Å². The second-order valence-electron chi connectivity index (χ2n) is 7.26. The first-order valence-corrected chi connectivity index (χ1v) is 10.7. The number of ether oxygens (including phenoxy) is 2. The highest BCUT2D eigenvalue weighted by atomic mass is 32.2. The molecule has 2 heterocycles. The monoisotopic (exact) mass is 422 g/mol. The molecule has 1 saturated heterocycles. The summed E-state index contributed by atoms with van der Waals surface area (Å²) < 4.78 is 37.2. The van der Waals surface area contributed by atoms with E-state index in [0.29, 0.717) is 11.1 Å². The molecule has 0 atom stereocenters. The Morgan fingerprint density at radius 1 is 0.700 bits per heavy atom. The predicted molar refractivity (Wildman–Crippen MR) is 111 cm³/mol. The predicted octanol–water partition coefficient (Wildman–Crippen LogP) is 3.63. The van der Waals surface area contributed by atoms with E-state index in [-0.39, 0.29) is 21.0 Å². The first-order chi connectivity index (χ1) is 14.2. The summed E-state index contributed by atoms with van der Waals surface area (Å²) >= 11 is 0. The number of sulfone groups is 1. The van der Waals surface area contributed by atoms with Gasteiger partial charge in [-0.2, -0.15) is 0 Å². The van der Waals surface area contributed by atoms with Crippen molar-refractivity contribution in [2.45, 2.75) is 19.6 Å². The molecule has 0 aromatic heterocycles. The maximum atomic E-state index is 13.4. The molecule has 0 saturated carbocycles. The molecule has 152 valence electrons. The van der Waals surface area contributed by atoms with Crippen molar-refractivity contribution in [1.82, 2.24) is 0 Å². The van der Waals surface area contributed by atoms with Crippen molar-refractivity contribution in [3.05, 3.63) is 95.1 Å². The summed E-state index contributed by atoms with van der Waals surface area (Å²) in [5.41, 5.74) is 0.657. The largest absolute Gasteiger partial charge is 0.419 e. The SMILES string of the molecule is CC1(C)OC(=O)C(=C2C=C(c3ccccc3)S(=O)(=O)C(c3ccccc3)=C2)C(=O)O1. The zero-order valence-electron chi connectivity index (χ0n) is 16.3. The highest BCUT2D eigenvalue weighted by Crippen LogP contribution is 2.40. The summed E-state index contributed by atoms with van der Waals surface area (Å²) in [6.45, 7) is 2.90. The molecule has 0 N–H and O–H groups in total. The summed E-state index contributed by atoms with van der Waals surface area (Å²) in [5.74, 6) is -3.12. The van der Waals surface area contributed by atoms with Gasteiger partial charge in [0.15, 0.2) is 5.57 Å². The van der Waals surface area contributed by atoms with E-state index in [4.69, 9.17) is 9.47 Å². The first-order valence-electron chi connectivity index (χ1n) is 9.19. The third-order valence-corrected chi connectivity index (χ3v) is 6.51. The van der Waals surface area contributed by atoms with Crippen LogP contribution >= 0.6 is 0 Å². The smallest absolute Gasteiger partial charge is 0.349 e. The average Bonchev–Trinajstić information content (AvgIpc) is 2.68. The molecule has 6 nitrogen and oxygen atoms in total. The third-order valence-electron chi connectivity index (χ3n) is 4.64. The van der Waals surface area contributed by atoms with E-state index >= 15 is 0 Å². The molecule has 0 spiro atoms. The lowest BCUT2D eigenvalue weighted by atomic mass is 10.0.